The van der Waals surface area contributed by atoms with Crippen LogP contribution in [0.4, 0.5) is 5.69 Å². The molecule has 1 atom stereocenters. The van der Waals surface area contributed by atoms with Crippen molar-refractivity contribution >= 4 is 21.8 Å². The Kier molecular flexibility index (Phi) is 8.26. The summed E-state index contributed by atoms with van der Waals surface area (Å²) in [6, 6.07) is 4.78. The molecule has 1 aliphatic heterocycles. The maximum absolute atomic E-state index is 12.7. The third-order valence-electron chi connectivity index (χ3n) is 5.18. The molecule has 1 aromatic carbocycles. The maximum atomic E-state index is 12.7. The molecule has 0 spiro atoms. The van der Waals surface area contributed by atoms with Crippen molar-refractivity contribution in [3.8, 4) is 11.5 Å². The van der Waals surface area contributed by atoms with Gasteiger partial charge >= 0.3 is 0 Å². The Morgan fingerprint density at radius 3 is 2.03 bits per heavy atom. The molecule has 1 aromatic rings. The van der Waals surface area contributed by atoms with E-state index in [1.807, 2.05) is 25.7 Å². The summed E-state index contributed by atoms with van der Waals surface area (Å²) >= 11 is 0. The third kappa shape index (κ3) is 5.59. The van der Waals surface area contributed by atoms with Crippen LogP contribution in [0.1, 0.15) is 20.8 Å². The fourth-order valence-corrected chi connectivity index (χ4v) is 4.93. The van der Waals surface area contributed by atoms with E-state index in [0.29, 0.717) is 56.5 Å². The summed E-state index contributed by atoms with van der Waals surface area (Å²) in [5.74, 6) is 1.01. The maximum Gasteiger partial charge on any atom is 0.282 e. The second-order valence-corrected chi connectivity index (χ2v) is 8.72. The highest BCUT2D eigenvalue weighted by Gasteiger charge is 2.33. The van der Waals surface area contributed by atoms with Gasteiger partial charge in [-0.2, -0.15) is 17.0 Å². The molecule has 9 nitrogen and oxygen atoms in total. The van der Waals surface area contributed by atoms with Gasteiger partial charge in [-0.15, -0.1) is 0 Å². The highest BCUT2D eigenvalue weighted by molar-refractivity contribution is 7.86. The first kappa shape index (κ1) is 23.4. The first-order chi connectivity index (χ1) is 13.8. The van der Waals surface area contributed by atoms with Gasteiger partial charge in [0.05, 0.1) is 20.3 Å². The highest BCUT2D eigenvalue weighted by atomic mass is 32.2. The molecule has 0 bridgehead atoms. The normalized spacial score (nSPS) is 17.2. The molecule has 2 rings (SSSR count). The summed E-state index contributed by atoms with van der Waals surface area (Å²) in [6.07, 6.45) is 0. The molecule has 164 valence electrons. The van der Waals surface area contributed by atoms with Gasteiger partial charge in [0.25, 0.3) is 10.2 Å². The molecule has 1 fully saturated rings. The molecular weight excluding hydrogens is 396 g/mol. The molecule has 1 aliphatic rings. The molecule has 10 heteroatoms. The van der Waals surface area contributed by atoms with Crippen LogP contribution in [0.15, 0.2) is 18.2 Å². The Morgan fingerprint density at radius 2 is 1.59 bits per heavy atom. The van der Waals surface area contributed by atoms with Crippen LogP contribution >= 0.6 is 0 Å². The van der Waals surface area contributed by atoms with Gasteiger partial charge in [0.1, 0.15) is 11.5 Å². The predicted octanol–water partition coefficient (Wildman–Crippen LogP) is 1.24. The molecule has 1 heterocycles. The van der Waals surface area contributed by atoms with Crippen LogP contribution in [-0.4, -0.2) is 87.4 Å². The topological polar surface area (TPSA) is 91.4 Å². The fraction of sp³-hybridized carbons (Fsp3) is 0.632. The van der Waals surface area contributed by atoms with Crippen molar-refractivity contribution in [1.82, 2.24) is 13.5 Å². The minimum absolute atomic E-state index is 0.166. The van der Waals surface area contributed by atoms with E-state index in [1.54, 1.807) is 32.4 Å². The minimum atomic E-state index is -3.45. The number of carbonyl (C=O) groups is 1. The van der Waals surface area contributed by atoms with Gasteiger partial charge in [0.2, 0.25) is 5.91 Å². The molecule has 0 radical (unpaired) electrons. The van der Waals surface area contributed by atoms with Crippen LogP contribution in [0.3, 0.4) is 0 Å². The Morgan fingerprint density at radius 1 is 1.07 bits per heavy atom. The number of benzene rings is 1. The number of piperazine rings is 1. The SMILES string of the molecule is CCN(CC)S(=O)(=O)N1CCN(C(C)C(=O)Nc2cc(OC)cc(OC)c2)CC1. The zero-order chi connectivity index (χ0) is 21.6. The van der Waals surface area contributed by atoms with Crippen molar-refractivity contribution < 1.29 is 22.7 Å². The molecule has 0 saturated carbocycles. The summed E-state index contributed by atoms with van der Waals surface area (Å²) in [5.41, 5.74) is 0.584. The number of hydrogen-bond donors (Lipinski definition) is 1. The summed E-state index contributed by atoms with van der Waals surface area (Å²) in [6.45, 7) is 8.10. The molecule has 1 saturated heterocycles. The molecule has 0 aliphatic carbocycles. The van der Waals surface area contributed by atoms with Gasteiger partial charge in [-0.25, -0.2) is 0 Å². The fourth-order valence-electron chi connectivity index (χ4n) is 3.33. The number of amides is 1. The molecule has 1 unspecified atom stereocenters. The number of nitrogens with zero attached hydrogens (tertiary/aromatic N) is 3. The summed E-state index contributed by atoms with van der Waals surface area (Å²) in [4.78, 5) is 14.7. The Labute approximate surface area is 173 Å². The van der Waals surface area contributed by atoms with Gasteiger partial charge in [0, 0.05) is 63.2 Å². The van der Waals surface area contributed by atoms with Gasteiger partial charge in [-0.05, 0) is 6.92 Å². The standard InChI is InChI=1S/C19H32N4O5S/c1-6-22(7-2)29(25,26)23-10-8-21(9-11-23)15(3)19(24)20-16-12-17(27-4)14-18(13-16)28-5/h12-15H,6-11H2,1-5H3,(H,20,24). The lowest BCUT2D eigenvalue weighted by atomic mass is 10.2. The lowest BCUT2D eigenvalue weighted by Gasteiger charge is -2.38. The van der Waals surface area contributed by atoms with Crippen LogP contribution in [0.25, 0.3) is 0 Å². The van der Waals surface area contributed by atoms with Crippen LogP contribution in [0.2, 0.25) is 0 Å². The number of ether oxygens (including phenoxy) is 2. The second kappa shape index (κ2) is 10.2. The van der Waals surface area contributed by atoms with E-state index in [9.17, 15) is 13.2 Å². The molecule has 1 N–H and O–H groups in total. The van der Waals surface area contributed by atoms with Gasteiger partial charge in [-0.3, -0.25) is 9.69 Å². The lowest BCUT2D eigenvalue weighted by molar-refractivity contribution is -0.121. The van der Waals surface area contributed by atoms with E-state index in [-0.39, 0.29) is 5.91 Å². The van der Waals surface area contributed by atoms with Crippen molar-refractivity contribution in [1.29, 1.82) is 0 Å². The number of nitrogens with one attached hydrogen (secondary N) is 1. The Hall–Kier alpha value is -1.88. The molecule has 1 amide bonds. The predicted molar refractivity (Wildman–Crippen MR) is 113 cm³/mol. The number of methoxy groups -OCH3 is 2. The number of anilines is 1. The lowest BCUT2D eigenvalue weighted by Crippen LogP contribution is -2.56. The first-order valence-corrected chi connectivity index (χ1v) is 11.2. The molecule has 0 aromatic heterocycles. The van der Waals surface area contributed by atoms with Gasteiger partial charge < -0.3 is 14.8 Å². The summed E-state index contributed by atoms with van der Waals surface area (Å²) in [7, 11) is -0.345. The van der Waals surface area contributed by atoms with Crippen molar-refractivity contribution in [2.45, 2.75) is 26.8 Å². The third-order valence-corrected chi connectivity index (χ3v) is 7.36. The average Bonchev–Trinajstić information content (AvgIpc) is 2.73. The first-order valence-electron chi connectivity index (χ1n) is 9.80. The highest BCUT2D eigenvalue weighted by Crippen LogP contribution is 2.26. The van der Waals surface area contributed by atoms with Crippen LogP contribution in [0.5, 0.6) is 11.5 Å². The molecular formula is C19H32N4O5S. The van der Waals surface area contributed by atoms with Crippen molar-refractivity contribution in [3.63, 3.8) is 0 Å². The molecule has 29 heavy (non-hydrogen) atoms. The van der Waals surface area contributed by atoms with Crippen LogP contribution in [0, 0.1) is 0 Å². The number of carbonyl (C=O) groups excluding carboxylic acids is 1. The quantitative estimate of drug-likeness (QED) is 0.636. The Balaban J connectivity index is 1.98. The Bertz CT molecular complexity index is 768. The monoisotopic (exact) mass is 428 g/mol. The van der Waals surface area contributed by atoms with Crippen LogP contribution in [-0.2, 0) is 15.0 Å². The van der Waals surface area contributed by atoms with E-state index >= 15 is 0 Å². The second-order valence-electron chi connectivity index (χ2n) is 6.79. The summed E-state index contributed by atoms with van der Waals surface area (Å²) < 4.78 is 38.7. The average molecular weight is 429 g/mol. The van der Waals surface area contributed by atoms with Gasteiger partial charge in [-0.1, -0.05) is 13.8 Å². The van der Waals surface area contributed by atoms with E-state index in [0.717, 1.165) is 0 Å². The minimum Gasteiger partial charge on any atom is -0.497 e. The number of hydrogen-bond acceptors (Lipinski definition) is 6. The van der Waals surface area contributed by atoms with Crippen molar-refractivity contribution in [2.75, 3.05) is 58.8 Å². The number of rotatable bonds is 9. The van der Waals surface area contributed by atoms with E-state index < -0.39 is 16.3 Å². The smallest absolute Gasteiger partial charge is 0.282 e. The van der Waals surface area contributed by atoms with E-state index in [2.05, 4.69) is 5.32 Å². The largest absolute Gasteiger partial charge is 0.497 e. The van der Waals surface area contributed by atoms with E-state index in [1.165, 1.54) is 8.61 Å². The summed E-state index contributed by atoms with van der Waals surface area (Å²) in [5, 5.41) is 2.89. The zero-order valence-corrected chi connectivity index (χ0v) is 18.7. The van der Waals surface area contributed by atoms with Crippen molar-refractivity contribution in [3.05, 3.63) is 18.2 Å². The van der Waals surface area contributed by atoms with Gasteiger partial charge in [0.15, 0.2) is 0 Å². The van der Waals surface area contributed by atoms with Crippen LogP contribution < -0.4 is 14.8 Å². The van der Waals surface area contributed by atoms with Crippen molar-refractivity contribution in [2.24, 2.45) is 0 Å². The zero-order valence-electron chi connectivity index (χ0n) is 17.8. The van der Waals surface area contributed by atoms with E-state index in [4.69, 9.17) is 9.47 Å².